The summed E-state index contributed by atoms with van der Waals surface area (Å²) in [7, 11) is 0. The summed E-state index contributed by atoms with van der Waals surface area (Å²) in [5, 5.41) is 2.97. The van der Waals surface area contributed by atoms with Crippen LogP contribution in [0.3, 0.4) is 0 Å². The summed E-state index contributed by atoms with van der Waals surface area (Å²) in [5.74, 6) is 39.7. The minimum atomic E-state index is 0. The molecule has 5 rings (SSSR count). The van der Waals surface area contributed by atoms with Crippen LogP contribution in [0.25, 0.3) is 0 Å². The van der Waals surface area contributed by atoms with Crippen LogP contribution in [0.1, 0.15) is 128 Å². The number of aryl methyl sites for hydroxylation is 6. The van der Waals surface area contributed by atoms with E-state index in [0.717, 1.165) is 146 Å². The highest BCUT2D eigenvalue weighted by molar-refractivity contribution is 9.93. The molecule has 3 heterocycles. The maximum atomic E-state index is 3.43. The highest BCUT2D eigenvalue weighted by Crippen LogP contribution is 2.11. The molecule has 2 aromatic carbocycles. The first-order valence-electron chi connectivity index (χ1n) is 23.3. The molecule has 0 aliphatic rings. The third-order valence-corrected chi connectivity index (χ3v) is 11.9. The van der Waals surface area contributed by atoms with Crippen LogP contribution in [0.2, 0.25) is 0 Å². The van der Waals surface area contributed by atoms with Gasteiger partial charge in [-0.25, -0.2) is 13.7 Å². The van der Waals surface area contributed by atoms with E-state index in [1.165, 1.54) is 17.1 Å². The number of aromatic nitrogens is 3. The molecule has 3 nitrogen and oxygen atoms in total. The molecule has 3 aromatic heterocycles. The molecule has 0 fully saturated rings. The maximum absolute atomic E-state index is 3.43. The molecule has 0 radical (unpaired) electrons. The van der Waals surface area contributed by atoms with E-state index in [0.29, 0.717) is 0 Å². The lowest BCUT2D eigenvalue weighted by Gasteiger charge is -1.99. The number of alkyl halides is 3. The summed E-state index contributed by atoms with van der Waals surface area (Å²) in [4.78, 5) is 0. The van der Waals surface area contributed by atoms with Crippen molar-refractivity contribution in [1.29, 1.82) is 0 Å². The largest absolute Gasteiger partial charge is 0.203 e. The van der Waals surface area contributed by atoms with Gasteiger partial charge in [-0.15, -0.1) is 17.0 Å². The van der Waals surface area contributed by atoms with Crippen LogP contribution in [-0.2, 0) is 19.6 Å². The van der Waals surface area contributed by atoms with Crippen LogP contribution in [0, 0.1) is 91.8 Å². The third-order valence-electron chi connectivity index (χ3n) is 10.2. The van der Waals surface area contributed by atoms with Crippen molar-refractivity contribution in [2.24, 2.45) is 0 Å². The number of unbranched alkanes of at least 4 members (excludes halogenated alkanes) is 6. The van der Waals surface area contributed by atoms with E-state index in [2.05, 4.69) is 291 Å². The normalized spacial score (nSPS) is 9.39. The molecule has 0 saturated heterocycles. The van der Waals surface area contributed by atoms with E-state index < -0.39 is 0 Å². The van der Waals surface area contributed by atoms with Crippen molar-refractivity contribution in [3.05, 3.63) is 160 Å². The van der Waals surface area contributed by atoms with Gasteiger partial charge in [-0.05, 0) is 55.7 Å². The topological polar surface area (TPSA) is 11.6 Å². The monoisotopic (exact) mass is 1300 g/mol. The van der Waals surface area contributed by atoms with E-state index in [9.17, 15) is 0 Å². The number of hydrogen-bond acceptors (Lipinski definition) is 0. The quantitative estimate of drug-likeness (QED) is 0.0428. The van der Waals surface area contributed by atoms with Crippen LogP contribution in [0.4, 0.5) is 0 Å². The average molecular weight is 1310 g/mol. The second-order valence-corrected chi connectivity index (χ2v) is 18.1. The third kappa shape index (κ3) is 27.4. The molecule has 0 amide bonds. The van der Waals surface area contributed by atoms with Gasteiger partial charge in [0, 0.05) is 193 Å². The molecule has 0 bridgehead atoms. The van der Waals surface area contributed by atoms with E-state index in [-0.39, 0.29) is 17.0 Å². The van der Waals surface area contributed by atoms with Crippen molar-refractivity contribution >= 4 is 93.0 Å². The smallest absolute Gasteiger partial charge is 0.178 e. The summed E-state index contributed by atoms with van der Waals surface area (Å²) in [5.41, 5.74) is 9.78. The minimum absolute atomic E-state index is 0. The number of benzene rings is 2. The van der Waals surface area contributed by atoms with Crippen molar-refractivity contribution in [3.63, 3.8) is 0 Å². The number of rotatable bonds is 15. The molecule has 0 aliphatic carbocycles. The Morgan fingerprint density at radius 1 is 0.348 bits per heavy atom. The van der Waals surface area contributed by atoms with Crippen molar-refractivity contribution in [1.82, 2.24) is 0 Å². The van der Waals surface area contributed by atoms with Gasteiger partial charge < -0.3 is 0 Å². The highest BCUT2D eigenvalue weighted by atomic mass is 80.9. The summed E-state index contributed by atoms with van der Waals surface area (Å²) >= 11 is 15.8. The predicted octanol–water partition coefficient (Wildman–Crippen LogP) is 14.5. The SMILES string of the molecule is Br.BrBr.BrCCCC#Cc1cc(C#CCCCBr)cc(C#CCCCBr)c1.Cc1cccc[n+]1CCCC#Cc1cc(C#CCCC[n+]2ccccc2C)cc(C#CCCC[n+]2ccccc2C)c1. The Kier molecular flexibility index (Phi) is 35.3. The Balaban J connectivity index is 0.000000517. The molecular formula is C60H64Br6N3+3. The van der Waals surface area contributed by atoms with Gasteiger partial charge in [0.05, 0.1) is 0 Å². The fourth-order valence-corrected chi connectivity index (χ4v) is 7.43. The fourth-order valence-electron chi connectivity index (χ4n) is 6.59. The van der Waals surface area contributed by atoms with Crippen molar-refractivity contribution < 1.29 is 13.7 Å². The Labute approximate surface area is 466 Å². The van der Waals surface area contributed by atoms with Crippen LogP contribution in [-0.4, -0.2) is 16.0 Å². The van der Waals surface area contributed by atoms with E-state index in [4.69, 9.17) is 0 Å². The first-order chi connectivity index (χ1) is 33.4. The van der Waals surface area contributed by atoms with Crippen LogP contribution in [0.15, 0.2) is 110 Å². The van der Waals surface area contributed by atoms with Gasteiger partial charge in [-0.1, -0.05) is 137 Å². The van der Waals surface area contributed by atoms with Crippen molar-refractivity contribution in [3.8, 4) is 71.0 Å². The summed E-state index contributed by atoms with van der Waals surface area (Å²) in [6, 6.07) is 31.4. The van der Waals surface area contributed by atoms with Crippen LogP contribution < -0.4 is 13.7 Å². The molecule has 0 atom stereocenters. The lowest BCUT2D eigenvalue weighted by Crippen LogP contribution is -2.36. The van der Waals surface area contributed by atoms with Gasteiger partial charge in [0.15, 0.2) is 35.7 Å². The molecule has 9 heteroatoms. The molecule has 358 valence electrons. The fraction of sp³-hybridized carbons (Fsp3) is 0.350. The summed E-state index contributed by atoms with van der Waals surface area (Å²) < 4.78 is 6.84. The molecule has 69 heavy (non-hydrogen) atoms. The van der Waals surface area contributed by atoms with Crippen molar-refractivity contribution in [2.75, 3.05) is 16.0 Å². The maximum Gasteiger partial charge on any atom is 0.178 e. The van der Waals surface area contributed by atoms with Gasteiger partial charge >= 0.3 is 0 Å². The number of pyridine rings is 3. The Morgan fingerprint density at radius 2 is 0.565 bits per heavy atom. The summed E-state index contributed by atoms with van der Waals surface area (Å²) in [6.45, 7) is 9.36. The van der Waals surface area contributed by atoms with Gasteiger partial charge in [0.2, 0.25) is 0 Å². The van der Waals surface area contributed by atoms with Gasteiger partial charge in [-0.2, -0.15) is 0 Å². The number of hydrogen-bond donors (Lipinski definition) is 0. The van der Waals surface area contributed by atoms with E-state index in [1.807, 2.05) is 0 Å². The predicted molar refractivity (Wildman–Crippen MR) is 313 cm³/mol. The van der Waals surface area contributed by atoms with Crippen molar-refractivity contribution in [2.45, 2.75) is 117 Å². The molecular weight excluding hydrogens is 1240 g/mol. The van der Waals surface area contributed by atoms with Crippen LogP contribution >= 0.6 is 93.0 Å². The van der Waals surface area contributed by atoms with Gasteiger partial charge in [0.25, 0.3) is 0 Å². The Bertz CT molecular complexity index is 2380. The average Bonchev–Trinajstić information content (AvgIpc) is 3.35. The minimum Gasteiger partial charge on any atom is -0.203 e. The second-order valence-electron chi connectivity index (χ2n) is 15.7. The van der Waals surface area contributed by atoms with Crippen LogP contribution in [0.5, 0.6) is 0 Å². The van der Waals surface area contributed by atoms with E-state index >= 15 is 0 Å². The molecule has 5 aromatic rings. The van der Waals surface area contributed by atoms with E-state index in [1.54, 1.807) is 0 Å². The standard InChI is InChI=1S/C39H42N3.C21H21Br3.Br2.BrH/c1-34-19-10-16-28-40(34)25-13-4-7-22-37-31-38(23-8-5-14-26-41-29-17-11-20-35(41)2)33-39(32-37)24-9-6-15-27-42-30-18-12-21-36(42)3;22-13-7-1-4-10-19-16-20(11-5-2-8-14-23)18-21(17-19)12-6-3-9-15-24;1-2;/h10-12,16-21,28-33H,4-6,13-15,25-27H2,1-3H3;16-18H,1-3,7-9,13-15H2;;1H/q+3;;;. The zero-order valence-corrected chi connectivity index (χ0v) is 49.9. The number of nitrogens with zero attached hydrogens (tertiary/aromatic N) is 3. The first-order valence-corrected chi connectivity index (χ1v) is 30.4. The first kappa shape index (κ1) is 61.3. The highest BCUT2D eigenvalue weighted by Gasteiger charge is 2.05. The number of halogens is 6. The van der Waals surface area contributed by atoms with Gasteiger partial charge in [-0.3, -0.25) is 0 Å². The Morgan fingerprint density at radius 3 is 0.768 bits per heavy atom. The molecule has 0 saturated carbocycles. The Hall–Kier alpha value is -3.87. The molecule has 0 unspecified atom stereocenters. The zero-order valence-electron chi connectivity index (χ0n) is 40.3. The lowest BCUT2D eigenvalue weighted by atomic mass is 10.1. The van der Waals surface area contributed by atoms with Gasteiger partial charge in [0.1, 0.15) is 19.6 Å². The molecule has 0 aliphatic heterocycles. The lowest BCUT2D eigenvalue weighted by molar-refractivity contribution is -0.703. The molecule has 0 N–H and O–H groups in total. The molecule has 0 spiro atoms. The second kappa shape index (κ2) is 39.8. The zero-order chi connectivity index (χ0) is 48.9. The summed E-state index contributed by atoms with van der Waals surface area (Å²) in [6.07, 6.45) is 17.9.